The quantitative estimate of drug-likeness (QED) is 0.762. The van der Waals surface area contributed by atoms with Gasteiger partial charge in [0.1, 0.15) is 19.9 Å². The van der Waals surface area contributed by atoms with Gasteiger partial charge in [-0.25, -0.2) is 8.96 Å². The first-order chi connectivity index (χ1) is 8.57. The SMILES string of the molecule is [2H]C1(c2ccc(F)cc2)Nc2c[n+](C)ccc2O1. The second kappa shape index (κ2) is 3.73. The van der Waals surface area contributed by atoms with Gasteiger partial charge in [-0.3, -0.25) is 0 Å². The summed E-state index contributed by atoms with van der Waals surface area (Å²) in [6.45, 7) is 0. The smallest absolute Gasteiger partial charge is 0.196 e. The van der Waals surface area contributed by atoms with Gasteiger partial charge in [0, 0.05) is 11.6 Å². The van der Waals surface area contributed by atoms with E-state index in [1.54, 1.807) is 18.2 Å². The van der Waals surface area contributed by atoms with E-state index in [9.17, 15) is 4.39 Å². The molecule has 1 aromatic carbocycles. The predicted octanol–water partition coefficient (Wildman–Crippen LogP) is 2.15. The summed E-state index contributed by atoms with van der Waals surface area (Å²) in [5.41, 5.74) is 1.31. The molecule has 86 valence electrons. The fourth-order valence-electron chi connectivity index (χ4n) is 1.76. The molecule has 0 spiro atoms. The molecule has 3 nitrogen and oxygen atoms in total. The fourth-order valence-corrected chi connectivity index (χ4v) is 1.76. The maximum atomic E-state index is 12.9. The number of aryl methyl sites for hydroxylation is 1. The Morgan fingerprint density at radius 3 is 2.88 bits per heavy atom. The van der Waals surface area contributed by atoms with Crippen LogP contribution in [0, 0.1) is 5.82 Å². The Bertz CT molecular complexity index is 602. The van der Waals surface area contributed by atoms with Crippen molar-refractivity contribution in [3.8, 4) is 5.75 Å². The van der Waals surface area contributed by atoms with Crippen LogP contribution in [0.15, 0.2) is 42.7 Å². The summed E-state index contributed by atoms with van der Waals surface area (Å²) in [5.74, 6) is 0.289. The molecule has 17 heavy (non-hydrogen) atoms. The van der Waals surface area contributed by atoms with Gasteiger partial charge < -0.3 is 10.1 Å². The van der Waals surface area contributed by atoms with E-state index < -0.39 is 6.20 Å². The first kappa shape index (κ1) is 8.98. The highest BCUT2D eigenvalue weighted by atomic mass is 19.1. The summed E-state index contributed by atoms with van der Waals surface area (Å²) < 4.78 is 28.6. The number of anilines is 1. The lowest BCUT2D eigenvalue weighted by Crippen LogP contribution is -2.26. The summed E-state index contributed by atoms with van der Waals surface area (Å²) in [5, 5.41) is 2.99. The molecule has 0 aliphatic carbocycles. The molecule has 0 amide bonds. The molecule has 3 rings (SSSR count). The third-order valence-corrected chi connectivity index (χ3v) is 2.63. The Hall–Kier alpha value is -2.10. The Balaban J connectivity index is 1.98. The monoisotopic (exact) mass is 232 g/mol. The maximum Gasteiger partial charge on any atom is 0.196 e. The van der Waals surface area contributed by atoms with Gasteiger partial charge in [-0.15, -0.1) is 0 Å². The highest BCUT2D eigenvalue weighted by Crippen LogP contribution is 2.36. The number of hydrogen-bond acceptors (Lipinski definition) is 2. The van der Waals surface area contributed by atoms with Gasteiger partial charge in [-0.2, -0.15) is 0 Å². The number of nitrogens with zero attached hydrogens (tertiary/aromatic N) is 1. The van der Waals surface area contributed by atoms with Crippen molar-refractivity contribution in [1.29, 1.82) is 0 Å². The van der Waals surface area contributed by atoms with Gasteiger partial charge in [0.15, 0.2) is 24.3 Å². The molecule has 0 saturated heterocycles. The molecule has 0 fully saturated rings. The van der Waals surface area contributed by atoms with E-state index in [2.05, 4.69) is 5.32 Å². The number of benzene rings is 1. The number of pyridine rings is 1. The van der Waals surface area contributed by atoms with E-state index in [-0.39, 0.29) is 5.82 Å². The number of ether oxygens (including phenoxy) is 1. The number of nitrogens with one attached hydrogen (secondary N) is 1. The van der Waals surface area contributed by atoms with Gasteiger partial charge in [0.2, 0.25) is 0 Å². The van der Waals surface area contributed by atoms with Crippen LogP contribution in [0.1, 0.15) is 13.1 Å². The maximum absolute atomic E-state index is 12.9. The van der Waals surface area contributed by atoms with Crippen LogP contribution in [0.2, 0.25) is 0 Å². The Kier molecular flexibility index (Phi) is 1.97. The first-order valence-corrected chi connectivity index (χ1v) is 5.29. The van der Waals surface area contributed by atoms with Crippen molar-refractivity contribution in [1.82, 2.24) is 0 Å². The van der Waals surface area contributed by atoms with Crippen LogP contribution in [0.4, 0.5) is 10.1 Å². The fraction of sp³-hybridized carbons (Fsp3) is 0.154. The van der Waals surface area contributed by atoms with Gasteiger partial charge in [-0.05, 0) is 12.1 Å². The van der Waals surface area contributed by atoms with Crippen LogP contribution in [0.25, 0.3) is 0 Å². The molecule has 1 unspecified atom stereocenters. The molecule has 0 saturated carbocycles. The molecule has 1 aliphatic rings. The van der Waals surface area contributed by atoms with E-state index in [1.807, 2.05) is 24.0 Å². The molecule has 2 aromatic rings. The minimum Gasteiger partial charge on any atom is -0.464 e. The summed E-state index contributed by atoms with van der Waals surface area (Å²) in [7, 11) is 1.89. The Labute approximate surface area is 99.9 Å². The van der Waals surface area contributed by atoms with Crippen molar-refractivity contribution in [3.05, 3.63) is 54.1 Å². The van der Waals surface area contributed by atoms with E-state index >= 15 is 0 Å². The number of aromatic nitrogens is 1. The average Bonchev–Trinajstić information content (AvgIpc) is 2.66. The third kappa shape index (κ3) is 1.82. The highest BCUT2D eigenvalue weighted by molar-refractivity contribution is 5.58. The third-order valence-electron chi connectivity index (χ3n) is 2.63. The standard InChI is InChI=1S/C13H12FN2O/c1-16-7-6-12-11(8-16)15-13(17-12)9-2-4-10(14)5-3-9/h2-8,13,15H,1H3/q+1/i13D. The van der Waals surface area contributed by atoms with Crippen LogP contribution >= 0.6 is 0 Å². The molecule has 2 heterocycles. The Morgan fingerprint density at radius 1 is 1.35 bits per heavy atom. The molecule has 1 aliphatic heterocycles. The summed E-state index contributed by atoms with van der Waals surface area (Å²) in [6.07, 6.45) is 2.29. The zero-order chi connectivity index (χ0) is 12.8. The lowest BCUT2D eigenvalue weighted by Gasteiger charge is -2.10. The van der Waals surface area contributed by atoms with Crippen molar-refractivity contribution in [3.63, 3.8) is 0 Å². The lowest BCUT2D eigenvalue weighted by molar-refractivity contribution is -0.670. The van der Waals surface area contributed by atoms with Crippen molar-refractivity contribution < 1.29 is 15.1 Å². The number of fused-ring (bicyclic) bond motifs is 1. The predicted molar refractivity (Wildman–Crippen MR) is 61.0 cm³/mol. The van der Waals surface area contributed by atoms with Crippen molar-refractivity contribution in [2.75, 3.05) is 5.32 Å². The van der Waals surface area contributed by atoms with E-state index in [1.165, 1.54) is 12.1 Å². The van der Waals surface area contributed by atoms with Gasteiger partial charge in [0.05, 0.1) is 0 Å². The van der Waals surface area contributed by atoms with Crippen LogP contribution in [0.5, 0.6) is 5.75 Å². The largest absolute Gasteiger partial charge is 0.464 e. The van der Waals surface area contributed by atoms with E-state index in [4.69, 9.17) is 6.11 Å². The van der Waals surface area contributed by atoms with Crippen LogP contribution in [0.3, 0.4) is 0 Å². The molecular weight excluding hydrogens is 219 g/mol. The van der Waals surface area contributed by atoms with Crippen LogP contribution in [-0.2, 0) is 7.05 Å². The average molecular weight is 232 g/mol. The highest BCUT2D eigenvalue weighted by Gasteiger charge is 2.25. The van der Waals surface area contributed by atoms with Crippen molar-refractivity contribution >= 4 is 5.69 Å². The zero-order valence-corrected chi connectivity index (χ0v) is 9.27. The molecule has 1 atom stereocenters. The molecule has 1 aromatic heterocycles. The van der Waals surface area contributed by atoms with Gasteiger partial charge in [-0.1, -0.05) is 12.1 Å². The first-order valence-electron chi connectivity index (χ1n) is 5.79. The molecule has 0 bridgehead atoms. The number of rotatable bonds is 1. The molecular formula is C13H12FN2O+. The summed E-state index contributed by atoms with van der Waals surface area (Å²) in [4.78, 5) is 0. The molecule has 0 radical (unpaired) electrons. The normalized spacial score (nSPS) is 22.4. The molecule has 4 heteroatoms. The lowest BCUT2D eigenvalue weighted by atomic mass is 10.2. The minimum absolute atomic E-state index is 0.329. The van der Waals surface area contributed by atoms with Crippen LogP contribution < -0.4 is 14.6 Å². The second-order valence-electron chi connectivity index (χ2n) is 3.95. The number of hydrogen-bond donors (Lipinski definition) is 1. The van der Waals surface area contributed by atoms with Gasteiger partial charge in [0.25, 0.3) is 0 Å². The van der Waals surface area contributed by atoms with Crippen molar-refractivity contribution in [2.24, 2.45) is 7.05 Å². The zero-order valence-electron chi connectivity index (χ0n) is 10.3. The molecule has 1 N–H and O–H groups in total. The summed E-state index contributed by atoms with van der Waals surface area (Å²) in [6, 6.07) is 7.52. The minimum atomic E-state index is -1.40. The topological polar surface area (TPSA) is 25.1 Å². The van der Waals surface area contributed by atoms with Gasteiger partial charge >= 0.3 is 0 Å². The van der Waals surface area contributed by atoms with Crippen LogP contribution in [-0.4, -0.2) is 0 Å². The second-order valence-corrected chi connectivity index (χ2v) is 3.95. The summed E-state index contributed by atoms with van der Waals surface area (Å²) >= 11 is 0. The van der Waals surface area contributed by atoms with E-state index in [0.29, 0.717) is 11.3 Å². The van der Waals surface area contributed by atoms with Crippen molar-refractivity contribution in [2.45, 2.75) is 6.20 Å². The number of halogens is 1. The van der Waals surface area contributed by atoms with E-state index in [0.717, 1.165) is 5.69 Å². The Morgan fingerprint density at radius 2 is 2.12 bits per heavy atom.